The molecule has 2 aliphatic heterocycles. The Bertz CT molecular complexity index is 1200. The van der Waals surface area contributed by atoms with Gasteiger partial charge in [0.05, 0.1) is 23.3 Å². The molecule has 0 saturated carbocycles. The van der Waals surface area contributed by atoms with Crippen LogP contribution in [0.15, 0.2) is 51.8 Å². The summed E-state index contributed by atoms with van der Waals surface area (Å²) in [5, 5.41) is 15.0. The van der Waals surface area contributed by atoms with Crippen molar-refractivity contribution in [3.63, 3.8) is 0 Å². The van der Waals surface area contributed by atoms with Crippen molar-refractivity contribution in [1.29, 1.82) is 0 Å². The molecule has 1 aromatic heterocycles. The third kappa shape index (κ3) is 5.88. The summed E-state index contributed by atoms with van der Waals surface area (Å²) in [4.78, 5) is 30.7. The Morgan fingerprint density at radius 3 is 2.18 bits per heavy atom. The summed E-state index contributed by atoms with van der Waals surface area (Å²) in [5.41, 5.74) is 4.11. The van der Waals surface area contributed by atoms with Gasteiger partial charge in [-0.05, 0) is 48.2 Å². The smallest absolute Gasteiger partial charge is 0.224 e. The van der Waals surface area contributed by atoms with Crippen molar-refractivity contribution in [2.24, 2.45) is 0 Å². The van der Waals surface area contributed by atoms with Gasteiger partial charge in [0, 0.05) is 34.2 Å². The van der Waals surface area contributed by atoms with Gasteiger partial charge in [0.1, 0.15) is 18.1 Å². The van der Waals surface area contributed by atoms with Gasteiger partial charge >= 0.3 is 0 Å². The lowest BCUT2D eigenvalue weighted by Crippen LogP contribution is -2.20. The van der Waals surface area contributed by atoms with E-state index in [1.54, 1.807) is 24.7 Å². The fourth-order valence-electron chi connectivity index (χ4n) is 3.53. The number of aromatic nitrogens is 2. The average Bonchev–Trinajstić information content (AvgIpc) is 2.79. The number of aryl methyl sites for hydroxylation is 2. The minimum Gasteiger partial charge on any atom is -0.506 e. The first-order valence-corrected chi connectivity index (χ1v) is 11.8. The van der Waals surface area contributed by atoms with E-state index in [2.05, 4.69) is 52.5 Å². The lowest BCUT2D eigenvalue weighted by molar-refractivity contribution is -0.117. The molecule has 0 saturated heterocycles. The molecule has 170 valence electrons. The highest BCUT2D eigenvalue weighted by Gasteiger charge is 2.20. The number of phenolic OH excluding ortho intramolecular Hbond substituents is 1. The van der Waals surface area contributed by atoms with E-state index >= 15 is 0 Å². The number of halogens is 2. The molecule has 0 fully saturated rings. The zero-order valence-electron chi connectivity index (χ0n) is 17.4. The van der Waals surface area contributed by atoms with Gasteiger partial charge in [0.15, 0.2) is 0 Å². The fraction of sp³-hybridized carbons (Fsp3) is 0.217. The van der Waals surface area contributed by atoms with Crippen LogP contribution in [0.2, 0.25) is 0 Å². The van der Waals surface area contributed by atoms with Crippen molar-refractivity contribution in [1.82, 2.24) is 9.97 Å². The molecule has 0 aliphatic carbocycles. The summed E-state index contributed by atoms with van der Waals surface area (Å²) >= 11 is 6.75. The number of hydrogen-bond donors (Lipinski definition) is 3. The highest BCUT2D eigenvalue weighted by molar-refractivity contribution is 9.10. The SMILES string of the molecule is O=C1CCc2cc(Br)cc(O)c2N1.O=C1CCc2cc(Br)cc(OCc3cnccn3)c2N1. The number of amides is 2. The van der Waals surface area contributed by atoms with Gasteiger partial charge in [-0.1, -0.05) is 31.9 Å². The lowest BCUT2D eigenvalue weighted by atomic mass is 10.0. The molecule has 2 aromatic carbocycles. The number of fused-ring (bicyclic) bond motifs is 2. The number of carbonyl (C=O) groups excluding carboxylic acids is 2. The number of nitrogens with zero attached hydrogens (tertiary/aromatic N) is 2. The number of phenols is 1. The number of hydrogen-bond acceptors (Lipinski definition) is 6. The molecular weight excluding hydrogens is 556 g/mol. The maximum atomic E-state index is 11.5. The van der Waals surface area contributed by atoms with Gasteiger partial charge < -0.3 is 20.5 Å². The maximum Gasteiger partial charge on any atom is 0.224 e. The van der Waals surface area contributed by atoms with Crippen LogP contribution in [-0.2, 0) is 29.0 Å². The molecule has 5 rings (SSSR count). The van der Waals surface area contributed by atoms with Gasteiger partial charge in [-0.3, -0.25) is 19.6 Å². The Morgan fingerprint density at radius 2 is 1.52 bits per heavy atom. The number of anilines is 2. The van der Waals surface area contributed by atoms with Gasteiger partial charge in [-0.25, -0.2) is 0 Å². The molecule has 33 heavy (non-hydrogen) atoms. The Morgan fingerprint density at radius 1 is 0.879 bits per heavy atom. The predicted octanol–water partition coefficient (Wildman–Crippen LogP) is 4.74. The third-order valence-corrected chi connectivity index (χ3v) is 5.99. The molecule has 0 radical (unpaired) electrons. The highest BCUT2D eigenvalue weighted by Crippen LogP contribution is 2.36. The number of carbonyl (C=O) groups is 2. The normalized spacial score (nSPS) is 14.1. The summed E-state index contributed by atoms with van der Waals surface area (Å²) in [6.07, 6.45) is 7.30. The minimum atomic E-state index is -0.0369. The van der Waals surface area contributed by atoms with Crippen LogP contribution in [0.4, 0.5) is 11.4 Å². The summed E-state index contributed by atoms with van der Waals surface area (Å²) in [7, 11) is 0. The quantitative estimate of drug-likeness (QED) is 0.389. The van der Waals surface area contributed by atoms with E-state index < -0.39 is 0 Å². The Balaban J connectivity index is 0.000000172. The van der Waals surface area contributed by atoms with Gasteiger partial charge in [0.25, 0.3) is 0 Å². The van der Waals surface area contributed by atoms with E-state index in [1.807, 2.05) is 18.2 Å². The molecule has 8 nitrogen and oxygen atoms in total. The van der Waals surface area contributed by atoms with Crippen LogP contribution in [0.1, 0.15) is 29.7 Å². The van der Waals surface area contributed by atoms with Crippen molar-refractivity contribution in [3.8, 4) is 11.5 Å². The van der Waals surface area contributed by atoms with Crippen molar-refractivity contribution < 1.29 is 19.4 Å². The number of benzene rings is 2. The summed E-state index contributed by atoms with van der Waals surface area (Å²) in [5.74, 6) is 0.750. The Labute approximate surface area is 207 Å². The fourth-order valence-corrected chi connectivity index (χ4v) is 4.51. The second-order valence-electron chi connectivity index (χ2n) is 7.48. The van der Waals surface area contributed by atoms with Gasteiger partial charge in [0.2, 0.25) is 11.8 Å². The molecule has 0 unspecified atom stereocenters. The van der Waals surface area contributed by atoms with Crippen molar-refractivity contribution >= 4 is 55.0 Å². The Hall–Kier alpha value is -2.98. The third-order valence-electron chi connectivity index (χ3n) is 5.08. The number of aromatic hydroxyl groups is 1. The van der Waals surface area contributed by atoms with Crippen LogP contribution < -0.4 is 15.4 Å². The molecule has 10 heteroatoms. The van der Waals surface area contributed by atoms with Crippen molar-refractivity contribution in [3.05, 3.63) is 68.6 Å². The second kappa shape index (κ2) is 10.3. The van der Waals surface area contributed by atoms with Crippen LogP contribution in [0.3, 0.4) is 0 Å². The standard InChI is InChI=1S/C14H12BrN3O2.C9H8BrNO2/c15-10-5-9-1-2-13(19)18-14(9)12(6-10)20-8-11-7-16-3-4-17-11;10-6-3-5-1-2-8(13)11-9(5)7(12)4-6/h3-7H,1-2,8H2,(H,18,19);3-4,12H,1-2H2,(H,11,13). The zero-order chi connectivity index (χ0) is 23.4. The molecule has 0 atom stereocenters. The van der Waals surface area contributed by atoms with Crippen LogP contribution in [0.25, 0.3) is 0 Å². The molecule has 0 bridgehead atoms. The highest BCUT2D eigenvalue weighted by atomic mass is 79.9. The van der Waals surface area contributed by atoms with E-state index in [9.17, 15) is 14.7 Å². The van der Waals surface area contributed by atoms with Crippen LogP contribution in [0.5, 0.6) is 11.5 Å². The molecule has 3 heterocycles. The van der Waals surface area contributed by atoms with E-state index in [0.29, 0.717) is 37.3 Å². The lowest BCUT2D eigenvalue weighted by Gasteiger charge is -2.20. The van der Waals surface area contributed by atoms with Crippen LogP contribution >= 0.6 is 31.9 Å². The molecule has 2 amide bonds. The molecule has 3 N–H and O–H groups in total. The van der Waals surface area contributed by atoms with Crippen LogP contribution in [-0.4, -0.2) is 26.9 Å². The first-order valence-electron chi connectivity index (χ1n) is 10.2. The van der Waals surface area contributed by atoms with E-state index in [-0.39, 0.29) is 17.6 Å². The Kier molecular flexibility index (Phi) is 7.24. The predicted molar refractivity (Wildman–Crippen MR) is 130 cm³/mol. The number of rotatable bonds is 3. The monoisotopic (exact) mass is 574 g/mol. The topological polar surface area (TPSA) is 113 Å². The number of nitrogens with one attached hydrogen (secondary N) is 2. The first kappa shape index (κ1) is 23.2. The summed E-state index contributed by atoms with van der Waals surface area (Å²) in [6, 6.07) is 7.34. The zero-order valence-corrected chi connectivity index (χ0v) is 20.6. The maximum absolute atomic E-state index is 11.5. The van der Waals surface area contributed by atoms with Crippen LogP contribution in [0, 0.1) is 0 Å². The van der Waals surface area contributed by atoms with Gasteiger partial charge in [-0.15, -0.1) is 0 Å². The summed E-state index contributed by atoms with van der Waals surface area (Å²) < 4.78 is 7.54. The molecule has 3 aromatic rings. The van der Waals surface area contributed by atoms with E-state index in [4.69, 9.17) is 4.74 Å². The van der Waals surface area contributed by atoms with Crippen molar-refractivity contribution in [2.45, 2.75) is 32.3 Å². The largest absolute Gasteiger partial charge is 0.506 e. The van der Waals surface area contributed by atoms with Gasteiger partial charge in [-0.2, -0.15) is 0 Å². The average molecular weight is 576 g/mol. The number of ether oxygens (including phenoxy) is 1. The molecule has 0 spiro atoms. The molecule has 2 aliphatic rings. The minimum absolute atomic E-state index is 0.0178. The second-order valence-corrected chi connectivity index (χ2v) is 9.31. The van der Waals surface area contributed by atoms with Crippen molar-refractivity contribution in [2.75, 3.05) is 10.6 Å². The van der Waals surface area contributed by atoms with E-state index in [0.717, 1.165) is 37.9 Å². The molecular formula is C23H20Br2N4O4. The first-order chi connectivity index (χ1) is 15.9. The van der Waals surface area contributed by atoms with E-state index in [1.165, 1.54) is 0 Å². The summed E-state index contributed by atoms with van der Waals surface area (Å²) in [6.45, 7) is 0.312.